The summed E-state index contributed by atoms with van der Waals surface area (Å²) >= 11 is 0. The molecule has 2 aromatic rings. The summed E-state index contributed by atoms with van der Waals surface area (Å²) in [5.41, 5.74) is 7.03. The summed E-state index contributed by atoms with van der Waals surface area (Å²) in [7, 11) is -3.21. The zero-order valence-electron chi connectivity index (χ0n) is 24.7. The van der Waals surface area contributed by atoms with Crippen LogP contribution in [-0.2, 0) is 25.8 Å². The second kappa shape index (κ2) is 17.4. The quantitative estimate of drug-likeness (QED) is 0.120. The maximum absolute atomic E-state index is 12.8. The van der Waals surface area contributed by atoms with Gasteiger partial charge in [-0.1, -0.05) is 43.9 Å². The Kier molecular flexibility index (Phi) is 13.9. The van der Waals surface area contributed by atoms with Crippen LogP contribution in [0.1, 0.15) is 98.7 Å². The van der Waals surface area contributed by atoms with Crippen molar-refractivity contribution >= 4 is 21.7 Å². The van der Waals surface area contributed by atoms with E-state index in [-0.39, 0.29) is 16.6 Å². The predicted molar refractivity (Wildman–Crippen MR) is 162 cm³/mol. The molecule has 0 radical (unpaired) electrons. The number of unbranched alkanes of at least 4 members (excludes halogenated alkanes) is 4. The number of nitrogens with one attached hydrogen (secondary N) is 1. The zero-order valence-corrected chi connectivity index (χ0v) is 25.5. The van der Waals surface area contributed by atoms with Crippen molar-refractivity contribution in [3.05, 3.63) is 59.2 Å². The van der Waals surface area contributed by atoms with Gasteiger partial charge in [-0.05, 0) is 86.9 Å². The Morgan fingerprint density at radius 2 is 1.71 bits per heavy atom. The fourth-order valence-corrected chi connectivity index (χ4v) is 7.18. The molecule has 42 heavy (non-hydrogen) atoms. The lowest BCUT2D eigenvalue weighted by molar-refractivity contribution is -0.131. The first-order valence-corrected chi connectivity index (χ1v) is 16.6. The SMILES string of the molecule is CC(=O)Oc1ccc([C@@H](O)CNCCCCCCOCCCCc2cccc(S(=O)(=O)C3CCCC3)c2)cc1C(N)=O. The van der Waals surface area contributed by atoms with E-state index in [1.807, 2.05) is 18.2 Å². The lowest BCUT2D eigenvalue weighted by atomic mass is 10.0. The van der Waals surface area contributed by atoms with E-state index in [0.717, 1.165) is 89.3 Å². The van der Waals surface area contributed by atoms with Crippen molar-refractivity contribution in [2.24, 2.45) is 5.73 Å². The van der Waals surface area contributed by atoms with Crippen LogP contribution in [0.15, 0.2) is 47.4 Å². The third-order valence-electron chi connectivity index (χ3n) is 7.61. The number of aliphatic hydroxyl groups is 1. The number of sulfone groups is 1. The molecular formula is C32H46N2O7S. The number of aliphatic hydroxyl groups excluding tert-OH is 1. The first kappa shape index (κ1) is 33.7. The topological polar surface area (TPSA) is 145 Å². The van der Waals surface area contributed by atoms with E-state index < -0.39 is 27.8 Å². The summed E-state index contributed by atoms with van der Waals surface area (Å²) in [5.74, 6) is -1.20. The Bertz CT molecular complexity index is 1260. The number of esters is 1. The molecule has 2 aromatic carbocycles. The largest absolute Gasteiger partial charge is 0.426 e. The maximum atomic E-state index is 12.8. The Balaban J connectivity index is 1.20. The monoisotopic (exact) mass is 602 g/mol. The van der Waals surface area contributed by atoms with Crippen LogP contribution in [0.25, 0.3) is 0 Å². The summed E-state index contributed by atoms with van der Waals surface area (Å²) in [5, 5.41) is 13.5. The molecule has 0 heterocycles. The summed E-state index contributed by atoms with van der Waals surface area (Å²) < 4.78 is 36.5. The highest BCUT2D eigenvalue weighted by Gasteiger charge is 2.30. The Labute approximate surface area is 250 Å². The van der Waals surface area contributed by atoms with Gasteiger partial charge < -0.3 is 25.6 Å². The fraction of sp³-hybridized carbons (Fsp3) is 0.562. The molecule has 1 aliphatic rings. The van der Waals surface area contributed by atoms with Gasteiger partial charge in [-0.15, -0.1) is 0 Å². The van der Waals surface area contributed by atoms with E-state index in [9.17, 15) is 23.1 Å². The molecule has 0 unspecified atom stereocenters. The number of carbonyl (C=O) groups excluding carboxylic acids is 2. The van der Waals surface area contributed by atoms with Gasteiger partial charge in [0.1, 0.15) is 5.75 Å². The van der Waals surface area contributed by atoms with E-state index in [0.29, 0.717) is 23.6 Å². The molecule has 0 spiro atoms. The number of nitrogens with two attached hydrogens (primary N) is 1. The number of benzene rings is 2. The molecule has 10 heteroatoms. The number of hydrogen-bond acceptors (Lipinski definition) is 8. The van der Waals surface area contributed by atoms with Crippen molar-refractivity contribution in [2.75, 3.05) is 26.3 Å². The molecule has 0 aromatic heterocycles. The van der Waals surface area contributed by atoms with Gasteiger partial charge in [0.05, 0.1) is 21.8 Å². The average Bonchev–Trinajstić information content (AvgIpc) is 3.51. The number of primary amides is 1. The third kappa shape index (κ3) is 10.8. The van der Waals surface area contributed by atoms with Crippen LogP contribution in [-0.4, -0.2) is 57.0 Å². The molecule has 4 N–H and O–H groups in total. The number of carbonyl (C=O) groups is 2. The second-order valence-corrected chi connectivity index (χ2v) is 13.2. The lowest BCUT2D eigenvalue weighted by Crippen LogP contribution is -2.23. The van der Waals surface area contributed by atoms with Crippen LogP contribution < -0.4 is 15.8 Å². The minimum Gasteiger partial charge on any atom is -0.426 e. The van der Waals surface area contributed by atoms with E-state index >= 15 is 0 Å². The zero-order chi connectivity index (χ0) is 30.4. The van der Waals surface area contributed by atoms with E-state index in [1.54, 1.807) is 12.1 Å². The van der Waals surface area contributed by atoms with Gasteiger partial charge in [0.2, 0.25) is 0 Å². The van der Waals surface area contributed by atoms with Gasteiger partial charge in [0, 0.05) is 26.7 Å². The number of ether oxygens (including phenoxy) is 2. The van der Waals surface area contributed by atoms with E-state index in [2.05, 4.69) is 5.32 Å². The highest BCUT2D eigenvalue weighted by atomic mass is 32.2. The second-order valence-electron chi connectivity index (χ2n) is 11.0. The lowest BCUT2D eigenvalue weighted by Gasteiger charge is -2.14. The molecule has 1 fully saturated rings. The van der Waals surface area contributed by atoms with Gasteiger partial charge in [-0.2, -0.15) is 0 Å². The summed E-state index contributed by atoms with van der Waals surface area (Å²) in [6.07, 6.45) is 9.59. The normalized spacial score (nSPS) is 14.6. The minimum atomic E-state index is -3.21. The fourth-order valence-electron chi connectivity index (χ4n) is 5.26. The molecule has 0 aliphatic heterocycles. The Morgan fingerprint density at radius 3 is 2.43 bits per heavy atom. The molecule has 0 bridgehead atoms. The van der Waals surface area contributed by atoms with Crippen molar-refractivity contribution in [1.29, 1.82) is 0 Å². The van der Waals surface area contributed by atoms with Crippen molar-refractivity contribution in [1.82, 2.24) is 5.32 Å². The molecule has 1 amide bonds. The number of rotatable bonds is 19. The van der Waals surface area contributed by atoms with Crippen molar-refractivity contribution in [3.8, 4) is 5.75 Å². The van der Waals surface area contributed by atoms with Gasteiger partial charge in [0.15, 0.2) is 9.84 Å². The molecule has 1 atom stereocenters. The van der Waals surface area contributed by atoms with Gasteiger partial charge in [0.25, 0.3) is 5.91 Å². The third-order valence-corrected chi connectivity index (χ3v) is 9.87. The highest BCUT2D eigenvalue weighted by Crippen LogP contribution is 2.30. The number of aryl methyl sites for hydroxylation is 1. The van der Waals surface area contributed by atoms with Crippen LogP contribution in [0.2, 0.25) is 0 Å². The van der Waals surface area contributed by atoms with Gasteiger partial charge in [-0.25, -0.2) is 8.42 Å². The minimum absolute atomic E-state index is 0.0566. The van der Waals surface area contributed by atoms with Crippen molar-refractivity contribution < 1.29 is 32.6 Å². The van der Waals surface area contributed by atoms with Crippen LogP contribution in [0.3, 0.4) is 0 Å². The summed E-state index contributed by atoms with van der Waals surface area (Å²) in [6, 6.07) is 12.0. The van der Waals surface area contributed by atoms with Gasteiger partial charge >= 0.3 is 5.97 Å². The smallest absolute Gasteiger partial charge is 0.308 e. The summed E-state index contributed by atoms with van der Waals surface area (Å²) in [6.45, 7) is 3.76. The van der Waals surface area contributed by atoms with Crippen LogP contribution in [0.4, 0.5) is 0 Å². The first-order chi connectivity index (χ1) is 20.2. The molecular weight excluding hydrogens is 556 g/mol. The molecule has 9 nitrogen and oxygen atoms in total. The van der Waals surface area contributed by atoms with Crippen molar-refractivity contribution in [2.45, 2.75) is 93.8 Å². The van der Waals surface area contributed by atoms with Crippen LogP contribution in [0.5, 0.6) is 5.75 Å². The number of amides is 1. The Morgan fingerprint density at radius 1 is 1.00 bits per heavy atom. The van der Waals surface area contributed by atoms with Crippen LogP contribution >= 0.6 is 0 Å². The molecule has 0 saturated heterocycles. The highest BCUT2D eigenvalue weighted by molar-refractivity contribution is 7.92. The van der Waals surface area contributed by atoms with Crippen molar-refractivity contribution in [3.63, 3.8) is 0 Å². The molecule has 3 rings (SSSR count). The van der Waals surface area contributed by atoms with E-state index in [4.69, 9.17) is 15.2 Å². The van der Waals surface area contributed by atoms with Gasteiger partial charge in [-0.3, -0.25) is 9.59 Å². The molecule has 1 saturated carbocycles. The molecule has 232 valence electrons. The average molecular weight is 603 g/mol. The van der Waals surface area contributed by atoms with Crippen LogP contribution in [0, 0.1) is 0 Å². The maximum Gasteiger partial charge on any atom is 0.308 e. The number of hydrogen-bond donors (Lipinski definition) is 3. The van der Waals surface area contributed by atoms with E-state index in [1.165, 1.54) is 19.1 Å². The standard InChI is InChI=1S/C32H46N2O7S/c1-24(35)41-31-17-16-26(22-29(31)32(33)37)30(36)23-34-18-7-2-3-8-19-40-20-9-6-11-25-12-10-15-28(21-25)42(38,39)27-13-4-5-14-27/h10,12,15-17,21-22,27,30,34,36H,2-9,11,13-14,18-20,23H2,1H3,(H2,33,37)/t30-/m0/s1. The summed E-state index contributed by atoms with van der Waals surface area (Å²) in [4.78, 5) is 23.4. The first-order valence-electron chi connectivity index (χ1n) is 15.1. The Hall–Kier alpha value is -2.79. The molecule has 1 aliphatic carbocycles. The predicted octanol–water partition coefficient (Wildman–Crippen LogP) is 4.65.